The molecule has 90 valence electrons. The minimum absolute atomic E-state index is 0.0210. The van der Waals surface area contributed by atoms with E-state index in [1.807, 2.05) is 0 Å². The molecule has 3 nitrogen and oxygen atoms in total. The lowest BCUT2D eigenvalue weighted by atomic mass is 10.2. The lowest BCUT2D eigenvalue weighted by Gasteiger charge is -2.15. The van der Waals surface area contributed by atoms with Gasteiger partial charge in [0.1, 0.15) is 0 Å². The zero-order valence-electron chi connectivity index (χ0n) is 8.62. The molecular formula is C11H8F3NO2. The molecule has 1 aromatic carbocycles. The summed E-state index contributed by atoms with van der Waals surface area (Å²) >= 11 is 0. The summed E-state index contributed by atoms with van der Waals surface area (Å²) in [6.45, 7) is 0. The number of hydrogen-bond donors (Lipinski definition) is 0. The highest BCUT2D eigenvalue weighted by molar-refractivity contribution is 6.19. The van der Waals surface area contributed by atoms with Gasteiger partial charge in [0.15, 0.2) is 0 Å². The molecule has 0 spiro atoms. The van der Waals surface area contributed by atoms with Gasteiger partial charge in [-0.1, -0.05) is 6.07 Å². The van der Waals surface area contributed by atoms with Crippen LogP contribution in [0.4, 0.5) is 18.9 Å². The molecule has 1 fully saturated rings. The lowest BCUT2D eigenvalue weighted by Crippen LogP contribution is -2.28. The Hall–Kier alpha value is -1.85. The predicted octanol–water partition coefficient (Wildman–Crippen LogP) is 2.36. The molecule has 1 heterocycles. The van der Waals surface area contributed by atoms with E-state index in [1.54, 1.807) is 0 Å². The summed E-state index contributed by atoms with van der Waals surface area (Å²) in [5, 5.41) is 0. The second-order valence-electron chi connectivity index (χ2n) is 3.67. The summed E-state index contributed by atoms with van der Waals surface area (Å²) < 4.78 is 37.4. The number of benzene rings is 1. The number of carbonyl (C=O) groups is 2. The molecule has 0 saturated carbocycles. The molecular weight excluding hydrogens is 235 g/mol. The van der Waals surface area contributed by atoms with Gasteiger partial charge in [-0.2, -0.15) is 13.2 Å². The van der Waals surface area contributed by atoms with Gasteiger partial charge in [-0.15, -0.1) is 0 Å². The van der Waals surface area contributed by atoms with E-state index in [9.17, 15) is 22.8 Å². The van der Waals surface area contributed by atoms with Gasteiger partial charge in [0, 0.05) is 12.8 Å². The van der Waals surface area contributed by atoms with Crippen LogP contribution < -0.4 is 4.90 Å². The van der Waals surface area contributed by atoms with Crippen molar-refractivity contribution in [2.45, 2.75) is 19.0 Å². The van der Waals surface area contributed by atoms with Crippen LogP contribution in [-0.4, -0.2) is 11.8 Å². The third-order valence-electron chi connectivity index (χ3n) is 2.48. The van der Waals surface area contributed by atoms with Crippen molar-refractivity contribution in [3.63, 3.8) is 0 Å². The van der Waals surface area contributed by atoms with E-state index in [1.165, 1.54) is 12.1 Å². The average molecular weight is 243 g/mol. The number of halogens is 3. The Labute approximate surface area is 94.8 Å². The fourth-order valence-corrected chi connectivity index (χ4v) is 1.69. The third kappa shape index (κ3) is 2.15. The first-order chi connectivity index (χ1) is 7.89. The molecule has 2 amide bonds. The molecule has 0 unspecified atom stereocenters. The smallest absolute Gasteiger partial charge is 0.274 e. The first kappa shape index (κ1) is 11.6. The van der Waals surface area contributed by atoms with Crippen molar-refractivity contribution < 1.29 is 22.8 Å². The van der Waals surface area contributed by atoms with Crippen LogP contribution in [0.2, 0.25) is 0 Å². The van der Waals surface area contributed by atoms with Crippen LogP contribution in [0, 0.1) is 0 Å². The van der Waals surface area contributed by atoms with Crippen LogP contribution >= 0.6 is 0 Å². The topological polar surface area (TPSA) is 37.4 Å². The SMILES string of the molecule is O=C1CCC(=O)N1c1cccc(C(F)(F)F)c1. The molecule has 1 saturated heterocycles. The Morgan fingerprint density at radius 3 is 2.18 bits per heavy atom. The van der Waals surface area contributed by atoms with Crippen molar-refractivity contribution >= 4 is 17.5 Å². The average Bonchev–Trinajstić information content (AvgIpc) is 2.57. The number of hydrogen-bond acceptors (Lipinski definition) is 2. The zero-order chi connectivity index (χ0) is 12.6. The van der Waals surface area contributed by atoms with E-state index in [-0.39, 0.29) is 18.5 Å². The lowest BCUT2D eigenvalue weighted by molar-refractivity contribution is -0.137. The highest BCUT2D eigenvalue weighted by atomic mass is 19.4. The second kappa shape index (κ2) is 3.87. The molecule has 2 rings (SSSR count). The molecule has 0 aliphatic carbocycles. The largest absolute Gasteiger partial charge is 0.416 e. The molecule has 0 bridgehead atoms. The molecule has 0 radical (unpaired) electrons. The normalized spacial score (nSPS) is 16.8. The van der Waals surface area contributed by atoms with Gasteiger partial charge in [-0.05, 0) is 18.2 Å². The summed E-state index contributed by atoms with van der Waals surface area (Å²) in [4.78, 5) is 23.5. The predicted molar refractivity (Wildman–Crippen MR) is 53.2 cm³/mol. The summed E-state index contributed by atoms with van der Waals surface area (Å²) in [6, 6.07) is 4.20. The van der Waals surface area contributed by atoms with Crippen LogP contribution in [-0.2, 0) is 15.8 Å². The van der Waals surface area contributed by atoms with Crippen molar-refractivity contribution in [1.29, 1.82) is 0 Å². The van der Waals surface area contributed by atoms with Gasteiger partial charge in [0.2, 0.25) is 11.8 Å². The van der Waals surface area contributed by atoms with E-state index in [0.717, 1.165) is 17.0 Å². The number of carbonyl (C=O) groups excluding carboxylic acids is 2. The van der Waals surface area contributed by atoms with Gasteiger partial charge < -0.3 is 0 Å². The maximum absolute atomic E-state index is 12.5. The Morgan fingerprint density at radius 1 is 1.06 bits per heavy atom. The van der Waals surface area contributed by atoms with Crippen molar-refractivity contribution in [1.82, 2.24) is 0 Å². The van der Waals surface area contributed by atoms with Gasteiger partial charge in [-0.3, -0.25) is 14.5 Å². The summed E-state index contributed by atoms with van der Waals surface area (Å²) in [6.07, 6.45) is -4.38. The monoisotopic (exact) mass is 243 g/mol. The Bertz CT molecular complexity index is 466. The Balaban J connectivity index is 2.40. The maximum Gasteiger partial charge on any atom is 0.416 e. The van der Waals surface area contributed by atoms with Crippen LogP contribution in [0.25, 0.3) is 0 Å². The molecule has 6 heteroatoms. The number of imide groups is 1. The summed E-state index contributed by atoms with van der Waals surface area (Å²) in [7, 11) is 0. The maximum atomic E-state index is 12.5. The standard InChI is InChI=1S/C11H8F3NO2/c12-11(13,14)7-2-1-3-8(6-7)15-9(16)4-5-10(15)17/h1-3,6H,4-5H2. The minimum Gasteiger partial charge on any atom is -0.274 e. The van der Waals surface area contributed by atoms with Crippen molar-refractivity contribution in [2.75, 3.05) is 4.90 Å². The van der Waals surface area contributed by atoms with Gasteiger partial charge in [0.05, 0.1) is 11.3 Å². The van der Waals surface area contributed by atoms with Crippen LogP contribution in [0.5, 0.6) is 0 Å². The van der Waals surface area contributed by atoms with Crippen molar-refractivity contribution in [3.8, 4) is 0 Å². The van der Waals surface area contributed by atoms with Crippen molar-refractivity contribution in [2.24, 2.45) is 0 Å². The quantitative estimate of drug-likeness (QED) is 0.710. The second-order valence-corrected chi connectivity index (χ2v) is 3.67. The number of alkyl halides is 3. The first-order valence-electron chi connectivity index (χ1n) is 4.92. The molecule has 1 aromatic rings. The van der Waals surface area contributed by atoms with Crippen LogP contribution in [0.3, 0.4) is 0 Å². The Morgan fingerprint density at radius 2 is 1.65 bits per heavy atom. The van der Waals surface area contributed by atoms with E-state index in [2.05, 4.69) is 0 Å². The fourth-order valence-electron chi connectivity index (χ4n) is 1.69. The molecule has 0 N–H and O–H groups in total. The summed E-state index contributed by atoms with van der Waals surface area (Å²) in [5.74, 6) is -0.927. The van der Waals surface area contributed by atoms with E-state index < -0.39 is 23.6 Å². The van der Waals surface area contributed by atoms with Gasteiger partial charge >= 0.3 is 6.18 Å². The highest BCUT2D eigenvalue weighted by Gasteiger charge is 2.34. The van der Waals surface area contributed by atoms with E-state index in [4.69, 9.17) is 0 Å². The first-order valence-corrected chi connectivity index (χ1v) is 4.92. The van der Waals surface area contributed by atoms with Gasteiger partial charge in [0.25, 0.3) is 0 Å². The van der Waals surface area contributed by atoms with E-state index in [0.29, 0.717) is 0 Å². The highest BCUT2D eigenvalue weighted by Crippen LogP contribution is 2.32. The fraction of sp³-hybridized carbons (Fsp3) is 0.273. The Kier molecular flexibility index (Phi) is 2.65. The third-order valence-corrected chi connectivity index (χ3v) is 2.48. The number of amides is 2. The summed E-state index contributed by atoms with van der Waals surface area (Å²) in [5.41, 5.74) is -0.894. The van der Waals surface area contributed by atoms with Crippen molar-refractivity contribution in [3.05, 3.63) is 29.8 Å². The van der Waals surface area contributed by atoms with Crippen LogP contribution in [0.15, 0.2) is 24.3 Å². The molecule has 17 heavy (non-hydrogen) atoms. The van der Waals surface area contributed by atoms with Crippen LogP contribution in [0.1, 0.15) is 18.4 Å². The number of rotatable bonds is 1. The number of anilines is 1. The molecule has 0 atom stereocenters. The molecule has 0 aromatic heterocycles. The zero-order valence-corrected chi connectivity index (χ0v) is 8.62. The minimum atomic E-state index is -4.48. The molecule has 1 aliphatic heterocycles. The molecule has 1 aliphatic rings. The van der Waals surface area contributed by atoms with E-state index >= 15 is 0 Å². The van der Waals surface area contributed by atoms with Gasteiger partial charge in [-0.25, -0.2) is 0 Å². The number of nitrogens with zero attached hydrogens (tertiary/aromatic N) is 1.